The molecule has 12 nitrogen and oxygen atoms in total. The molecule has 2 aromatic rings. The molecule has 1 aromatic heterocycles. The van der Waals surface area contributed by atoms with Crippen molar-refractivity contribution in [3.8, 4) is 0 Å². The first kappa shape index (κ1) is 24.0. The molecule has 1 amide bonds. The van der Waals surface area contributed by atoms with Gasteiger partial charge in [0.25, 0.3) is 0 Å². The molecular weight excluding hydrogens is 460 g/mol. The first-order valence-electron chi connectivity index (χ1n) is 9.63. The number of nitrogens with one attached hydrogen (secondary N) is 1. The van der Waals surface area contributed by atoms with E-state index < -0.39 is 27.9 Å². The predicted molar refractivity (Wildman–Crippen MR) is 117 cm³/mol. The minimum Gasteiger partial charge on any atom is -0.468 e. The van der Waals surface area contributed by atoms with Crippen molar-refractivity contribution in [1.82, 2.24) is 19.1 Å². The van der Waals surface area contributed by atoms with Gasteiger partial charge in [-0.05, 0) is 31.2 Å². The highest BCUT2D eigenvalue weighted by Gasteiger charge is 2.27. The summed E-state index contributed by atoms with van der Waals surface area (Å²) >= 11 is 1.05. The summed E-state index contributed by atoms with van der Waals surface area (Å²) in [6.45, 7) is 2.92. The number of hydrogen-bond donors (Lipinski definition) is 2. The van der Waals surface area contributed by atoms with E-state index in [0.717, 1.165) is 11.8 Å². The minimum atomic E-state index is -3.62. The van der Waals surface area contributed by atoms with Crippen LogP contribution in [-0.2, 0) is 29.1 Å². The molecule has 0 bridgehead atoms. The SMILES string of the molecule is COC(=O)CSc1nnc(N)n1C(C)C(=O)Nc1ccc(S(=O)(=O)N2CCOCC2)cc1. The van der Waals surface area contributed by atoms with Gasteiger partial charge in [0.15, 0.2) is 5.16 Å². The average molecular weight is 485 g/mol. The Morgan fingerprint density at radius 1 is 1.25 bits per heavy atom. The Morgan fingerprint density at radius 3 is 2.53 bits per heavy atom. The van der Waals surface area contributed by atoms with E-state index in [2.05, 4.69) is 20.3 Å². The number of nitrogens with two attached hydrogens (primary N) is 1. The van der Waals surface area contributed by atoms with Crippen molar-refractivity contribution in [2.24, 2.45) is 0 Å². The fourth-order valence-corrected chi connectivity index (χ4v) is 5.21. The third kappa shape index (κ3) is 5.38. The summed E-state index contributed by atoms with van der Waals surface area (Å²) in [5, 5.41) is 10.7. The van der Waals surface area contributed by atoms with Crippen LogP contribution < -0.4 is 11.1 Å². The lowest BCUT2D eigenvalue weighted by Gasteiger charge is -2.26. The molecule has 2 heterocycles. The molecule has 174 valence electrons. The van der Waals surface area contributed by atoms with Crippen LogP contribution in [-0.4, -0.2) is 78.5 Å². The van der Waals surface area contributed by atoms with E-state index in [1.807, 2.05) is 0 Å². The molecule has 1 aromatic carbocycles. The quantitative estimate of drug-likeness (QED) is 0.395. The van der Waals surface area contributed by atoms with Crippen molar-refractivity contribution in [3.63, 3.8) is 0 Å². The van der Waals surface area contributed by atoms with Gasteiger partial charge in [0, 0.05) is 18.8 Å². The van der Waals surface area contributed by atoms with E-state index in [9.17, 15) is 18.0 Å². The van der Waals surface area contributed by atoms with Crippen LogP contribution in [0, 0.1) is 0 Å². The number of nitrogens with zero attached hydrogens (tertiary/aromatic N) is 4. The molecule has 3 N–H and O–H groups in total. The van der Waals surface area contributed by atoms with Crippen molar-refractivity contribution in [2.45, 2.75) is 23.0 Å². The molecule has 32 heavy (non-hydrogen) atoms. The molecule has 0 radical (unpaired) electrons. The minimum absolute atomic E-state index is 0.0119. The fraction of sp³-hybridized carbons (Fsp3) is 0.444. The van der Waals surface area contributed by atoms with Gasteiger partial charge in [0.1, 0.15) is 6.04 Å². The van der Waals surface area contributed by atoms with Gasteiger partial charge in [0.05, 0.1) is 31.0 Å². The molecule has 1 saturated heterocycles. The molecule has 3 rings (SSSR count). The van der Waals surface area contributed by atoms with Gasteiger partial charge >= 0.3 is 5.97 Å². The van der Waals surface area contributed by atoms with Crippen molar-refractivity contribution >= 4 is 45.3 Å². The number of carbonyl (C=O) groups excluding carboxylic acids is 2. The van der Waals surface area contributed by atoms with Gasteiger partial charge in [-0.2, -0.15) is 4.31 Å². The van der Waals surface area contributed by atoms with Gasteiger partial charge in [-0.25, -0.2) is 8.42 Å². The first-order valence-corrected chi connectivity index (χ1v) is 12.1. The molecule has 14 heteroatoms. The number of hydrogen-bond acceptors (Lipinski definition) is 10. The fourth-order valence-electron chi connectivity index (χ4n) is 2.94. The van der Waals surface area contributed by atoms with Crippen LogP contribution in [0.2, 0.25) is 0 Å². The smallest absolute Gasteiger partial charge is 0.316 e. The average Bonchev–Trinajstić information content (AvgIpc) is 3.17. The van der Waals surface area contributed by atoms with Gasteiger partial charge in [0.2, 0.25) is 21.9 Å². The van der Waals surface area contributed by atoms with Crippen LogP contribution in [0.25, 0.3) is 0 Å². The summed E-state index contributed by atoms with van der Waals surface area (Å²) in [4.78, 5) is 24.3. The summed E-state index contributed by atoms with van der Waals surface area (Å²) in [5.74, 6) is -0.860. The third-order valence-electron chi connectivity index (χ3n) is 4.73. The Bertz CT molecular complexity index is 1070. The Hall–Kier alpha value is -2.68. The molecule has 0 saturated carbocycles. The van der Waals surface area contributed by atoms with Crippen molar-refractivity contribution in [1.29, 1.82) is 0 Å². The molecule has 1 aliphatic heterocycles. The Kier molecular flexibility index (Phi) is 7.71. The van der Waals surface area contributed by atoms with E-state index in [4.69, 9.17) is 10.5 Å². The highest BCUT2D eigenvalue weighted by Crippen LogP contribution is 2.25. The number of methoxy groups -OCH3 is 1. The van der Waals surface area contributed by atoms with E-state index in [0.29, 0.717) is 37.1 Å². The van der Waals surface area contributed by atoms with Gasteiger partial charge < -0.3 is 20.5 Å². The van der Waals surface area contributed by atoms with E-state index >= 15 is 0 Å². The van der Waals surface area contributed by atoms with Gasteiger partial charge in [-0.3, -0.25) is 14.2 Å². The lowest BCUT2D eigenvalue weighted by atomic mass is 10.2. The molecule has 1 unspecified atom stereocenters. The number of nitrogen functional groups attached to an aromatic ring is 1. The molecule has 0 aliphatic carbocycles. The van der Waals surface area contributed by atoms with Crippen LogP contribution >= 0.6 is 11.8 Å². The van der Waals surface area contributed by atoms with Crippen LogP contribution in [0.1, 0.15) is 13.0 Å². The highest BCUT2D eigenvalue weighted by molar-refractivity contribution is 7.99. The van der Waals surface area contributed by atoms with Crippen molar-refractivity contribution in [3.05, 3.63) is 24.3 Å². The van der Waals surface area contributed by atoms with Crippen molar-refractivity contribution in [2.75, 3.05) is 50.2 Å². The molecule has 1 atom stereocenters. The maximum absolute atomic E-state index is 12.8. The number of thioether (sulfide) groups is 1. The number of sulfonamides is 1. The Labute approximate surface area is 189 Å². The summed E-state index contributed by atoms with van der Waals surface area (Å²) in [6.07, 6.45) is 0. The highest BCUT2D eigenvalue weighted by atomic mass is 32.2. The zero-order valence-corrected chi connectivity index (χ0v) is 19.2. The van der Waals surface area contributed by atoms with Crippen molar-refractivity contribution < 1.29 is 27.5 Å². The normalized spacial score (nSPS) is 15.8. The second-order valence-electron chi connectivity index (χ2n) is 6.78. The number of aromatic nitrogens is 3. The number of benzene rings is 1. The zero-order valence-electron chi connectivity index (χ0n) is 17.6. The predicted octanol–water partition coefficient (Wildman–Crippen LogP) is 0.346. The van der Waals surface area contributed by atoms with E-state index in [1.165, 1.54) is 40.2 Å². The number of esters is 1. The summed E-state index contributed by atoms with van der Waals surface area (Å²) in [6, 6.07) is 5.12. The largest absolute Gasteiger partial charge is 0.468 e. The van der Waals surface area contributed by atoms with Crippen LogP contribution in [0.4, 0.5) is 11.6 Å². The van der Waals surface area contributed by atoms with E-state index in [-0.39, 0.29) is 16.6 Å². The number of carbonyl (C=O) groups is 2. The molecule has 1 aliphatic rings. The third-order valence-corrected chi connectivity index (χ3v) is 7.56. The van der Waals surface area contributed by atoms with Crippen LogP contribution in [0.5, 0.6) is 0 Å². The maximum atomic E-state index is 12.8. The van der Waals surface area contributed by atoms with Crippen LogP contribution in [0.15, 0.2) is 34.3 Å². The molecule has 1 fully saturated rings. The monoisotopic (exact) mass is 484 g/mol. The second-order valence-corrected chi connectivity index (χ2v) is 9.66. The lowest BCUT2D eigenvalue weighted by Crippen LogP contribution is -2.40. The topological polar surface area (TPSA) is 159 Å². The van der Waals surface area contributed by atoms with Gasteiger partial charge in [-0.1, -0.05) is 11.8 Å². The lowest BCUT2D eigenvalue weighted by molar-refractivity contribution is -0.137. The Balaban J connectivity index is 1.68. The number of rotatable bonds is 8. The maximum Gasteiger partial charge on any atom is 0.316 e. The number of morpholine rings is 1. The van der Waals surface area contributed by atoms with Gasteiger partial charge in [-0.15, -0.1) is 10.2 Å². The summed E-state index contributed by atoms with van der Waals surface area (Å²) in [7, 11) is -2.35. The summed E-state index contributed by atoms with van der Waals surface area (Å²) in [5.41, 5.74) is 6.27. The molecular formula is C18H24N6O6S2. The molecule has 0 spiro atoms. The first-order chi connectivity index (χ1) is 15.2. The number of ether oxygens (including phenoxy) is 2. The second kappa shape index (κ2) is 10.3. The Morgan fingerprint density at radius 2 is 1.91 bits per heavy atom. The van der Waals surface area contributed by atoms with E-state index in [1.54, 1.807) is 6.92 Å². The zero-order chi connectivity index (χ0) is 23.3. The summed E-state index contributed by atoms with van der Waals surface area (Å²) < 4.78 is 38.0. The van der Waals surface area contributed by atoms with Crippen LogP contribution in [0.3, 0.4) is 0 Å². The standard InChI is InChI=1S/C18H24N6O6S2/c1-12(24-17(19)21-22-18(24)31-11-15(25)29-2)16(26)20-13-3-5-14(6-4-13)32(27,28)23-7-9-30-10-8-23/h3-6,12H,7-11H2,1-2H3,(H2,19,21)(H,20,26). The number of anilines is 2. The number of amides is 1.